The van der Waals surface area contributed by atoms with Gasteiger partial charge in [0.2, 0.25) is 35.4 Å². The lowest BCUT2D eigenvalue weighted by atomic mass is 10.1. The number of hydroxylamine groups is 6. The number of amides is 11. The van der Waals surface area contributed by atoms with E-state index in [1.807, 2.05) is 0 Å². The second-order valence-corrected chi connectivity index (χ2v) is 20.7. The van der Waals surface area contributed by atoms with Crippen LogP contribution in [0.3, 0.4) is 0 Å². The summed E-state index contributed by atoms with van der Waals surface area (Å²) in [5.41, 5.74) is -0.153. The zero-order valence-electron chi connectivity index (χ0n) is 48.8. The lowest BCUT2D eigenvalue weighted by molar-refractivity contribution is -0.166. The van der Waals surface area contributed by atoms with Crippen molar-refractivity contribution in [2.45, 2.75) is 129 Å². The molecule has 0 saturated carbocycles. The molecule has 11 amide bonds. The molecule has 0 bridgehead atoms. The Bertz CT molecular complexity index is 2590. The molecule has 0 radical (unpaired) electrons. The van der Waals surface area contributed by atoms with E-state index in [-0.39, 0.29) is 108 Å². The van der Waals surface area contributed by atoms with Crippen molar-refractivity contribution in [3.05, 3.63) is 71.8 Å². The number of rotatable bonds is 40. The van der Waals surface area contributed by atoms with Crippen molar-refractivity contribution in [2.75, 3.05) is 72.1 Å². The van der Waals surface area contributed by atoms with Crippen molar-refractivity contribution in [1.82, 2.24) is 52.0 Å². The number of ether oxygens (including phenoxy) is 3. The monoisotopic (exact) mass is 1190 g/mol. The van der Waals surface area contributed by atoms with Crippen LogP contribution in [0, 0.1) is 0 Å². The van der Waals surface area contributed by atoms with Crippen LogP contribution in [0.25, 0.3) is 0 Å². The maximum absolute atomic E-state index is 13.2. The first-order valence-electron chi connectivity index (χ1n) is 28.2. The Morgan fingerprint density at radius 2 is 1.04 bits per heavy atom. The predicted molar refractivity (Wildman–Crippen MR) is 302 cm³/mol. The molecule has 1 aliphatic rings. The van der Waals surface area contributed by atoms with Crippen LogP contribution in [-0.2, 0) is 63.9 Å². The van der Waals surface area contributed by atoms with Gasteiger partial charge in [-0.25, -0.2) is 20.0 Å². The highest BCUT2D eigenvalue weighted by Crippen LogP contribution is 2.17. The summed E-state index contributed by atoms with van der Waals surface area (Å²) in [5.74, 6) is -5.73. The molecule has 3 rings (SSSR count). The number of hydrogen-bond acceptors (Lipinski definition) is 18. The van der Waals surface area contributed by atoms with Gasteiger partial charge in [0.05, 0.1) is 6.54 Å². The molecule has 0 aromatic heterocycles. The fraction of sp³-hybridized carbons (Fsp3) is 0.544. The lowest BCUT2D eigenvalue weighted by Crippen LogP contribution is -2.48. The van der Waals surface area contributed by atoms with Crippen LogP contribution < -0.4 is 41.4 Å². The number of nitrogens with zero attached hydrogens (tertiary/aromatic N) is 4. The van der Waals surface area contributed by atoms with E-state index in [0.29, 0.717) is 97.4 Å². The van der Waals surface area contributed by atoms with E-state index >= 15 is 0 Å². The molecular formula is C57H82N10O18. The zero-order chi connectivity index (χ0) is 62.7. The molecule has 28 heteroatoms. The van der Waals surface area contributed by atoms with Gasteiger partial charge in [0.15, 0.2) is 13.2 Å². The molecule has 1 heterocycles. The van der Waals surface area contributed by atoms with E-state index in [1.165, 1.54) is 31.2 Å². The number of carbonyl (C=O) groups is 12. The summed E-state index contributed by atoms with van der Waals surface area (Å²) < 4.78 is 16.6. The second kappa shape index (κ2) is 38.4. The van der Waals surface area contributed by atoms with Gasteiger partial charge in [0.25, 0.3) is 29.5 Å². The zero-order valence-corrected chi connectivity index (χ0v) is 48.8. The largest absolute Gasteiger partial charge is 0.484 e. The van der Waals surface area contributed by atoms with Gasteiger partial charge < -0.3 is 46.1 Å². The van der Waals surface area contributed by atoms with Crippen LogP contribution in [0.2, 0.25) is 0 Å². The van der Waals surface area contributed by atoms with E-state index in [4.69, 9.17) is 14.2 Å². The molecule has 1 unspecified atom stereocenters. The van der Waals surface area contributed by atoms with Gasteiger partial charge in [-0.15, -0.1) is 0 Å². The van der Waals surface area contributed by atoms with E-state index in [2.05, 4.69) is 31.9 Å². The van der Waals surface area contributed by atoms with Crippen LogP contribution in [0.5, 0.6) is 11.5 Å². The number of hydrogen-bond donors (Lipinski definition) is 9. The standard InChI is InChI=1S/C57H82N10O18/c1-40(68)65(80)31-11-5-8-27-58-46(69)21-23-53(76)66(81)32-12-6-9-28-59-47(70)22-24-54(77)67(82)33-13-7-10-29-60-49(72)39-84-44-16-14-15-42(36-44)55(78)62-37-48(71)63-45(56(79)85-57(2,3)4)35-41-17-19-43(20-18-41)83-38-50(73)61-30-34-64-51(74)25-26-52(64)75/h14-20,25-26,36,45,80-82H,5-13,21-24,27-35,37-39H2,1-4H3,(H,58,69)(H,59,70)(H,60,72)(H,61,73)(H,62,78)(H,63,71). The number of unbranched alkanes of at least 4 members (excludes halogenated alkanes) is 6. The third-order valence-electron chi connectivity index (χ3n) is 12.4. The smallest absolute Gasteiger partial charge is 0.329 e. The molecular weight excluding hydrogens is 1110 g/mol. The van der Waals surface area contributed by atoms with Crippen LogP contribution in [0.1, 0.15) is 127 Å². The van der Waals surface area contributed by atoms with Crippen LogP contribution >= 0.6 is 0 Å². The third-order valence-corrected chi connectivity index (χ3v) is 12.4. The number of carbonyl (C=O) groups excluding carboxylic acids is 12. The molecule has 0 spiro atoms. The van der Waals surface area contributed by atoms with Crippen molar-refractivity contribution in [3.8, 4) is 11.5 Å². The quantitative estimate of drug-likeness (QED) is 0.0150. The van der Waals surface area contributed by atoms with E-state index in [0.717, 1.165) is 17.1 Å². The minimum absolute atomic E-state index is 0.00557. The molecule has 468 valence electrons. The molecule has 1 atom stereocenters. The van der Waals surface area contributed by atoms with Crippen LogP contribution in [-0.4, -0.2) is 190 Å². The first-order valence-corrected chi connectivity index (χ1v) is 28.2. The van der Waals surface area contributed by atoms with Gasteiger partial charge in [0.1, 0.15) is 23.1 Å². The molecule has 2 aromatic carbocycles. The Hall–Kier alpha value is -8.50. The first kappa shape index (κ1) is 70.8. The predicted octanol–water partition coefficient (Wildman–Crippen LogP) is 1.38. The summed E-state index contributed by atoms with van der Waals surface area (Å²) in [6.07, 6.45) is 6.65. The van der Waals surface area contributed by atoms with Crippen LogP contribution in [0.15, 0.2) is 60.7 Å². The fourth-order valence-electron chi connectivity index (χ4n) is 7.77. The first-order chi connectivity index (χ1) is 40.4. The normalized spacial score (nSPS) is 12.1. The average molecular weight is 1200 g/mol. The molecule has 1 aliphatic heterocycles. The number of benzene rings is 2. The van der Waals surface area contributed by atoms with Crippen molar-refractivity contribution < 1.29 is 87.4 Å². The van der Waals surface area contributed by atoms with E-state index in [1.54, 1.807) is 45.0 Å². The van der Waals surface area contributed by atoms with Crippen molar-refractivity contribution >= 4 is 70.9 Å². The highest BCUT2D eigenvalue weighted by Gasteiger charge is 2.28. The summed E-state index contributed by atoms with van der Waals surface area (Å²) in [5, 5.41) is 47.0. The maximum atomic E-state index is 13.2. The van der Waals surface area contributed by atoms with E-state index < -0.39 is 77.3 Å². The van der Waals surface area contributed by atoms with Gasteiger partial charge in [-0.05, 0) is 114 Å². The Morgan fingerprint density at radius 3 is 1.54 bits per heavy atom. The van der Waals surface area contributed by atoms with Crippen molar-refractivity contribution in [2.24, 2.45) is 0 Å². The average Bonchev–Trinajstić information content (AvgIpc) is 3.82. The van der Waals surface area contributed by atoms with Gasteiger partial charge >= 0.3 is 5.97 Å². The molecule has 0 aliphatic carbocycles. The topological polar surface area (TPSA) is 378 Å². The highest BCUT2D eigenvalue weighted by molar-refractivity contribution is 6.12. The van der Waals surface area contributed by atoms with Gasteiger partial charge in [-0.1, -0.05) is 18.2 Å². The summed E-state index contributed by atoms with van der Waals surface area (Å²) in [6.45, 7) is 6.34. The van der Waals surface area contributed by atoms with Gasteiger partial charge in [-0.3, -0.25) is 73.3 Å². The molecule has 0 saturated heterocycles. The third kappa shape index (κ3) is 30.6. The van der Waals surface area contributed by atoms with Crippen molar-refractivity contribution in [1.29, 1.82) is 0 Å². The lowest BCUT2D eigenvalue weighted by Gasteiger charge is -2.25. The van der Waals surface area contributed by atoms with Gasteiger partial charge in [-0.2, -0.15) is 0 Å². The second-order valence-electron chi connectivity index (χ2n) is 20.7. The maximum Gasteiger partial charge on any atom is 0.329 e. The Labute approximate surface area is 493 Å². The molecule has 0 fully saturated rings. The Morgan fingerprint density at radius 1 is 0.553 bits per heavy atom. The minimum Gasteiger partial charge on any atom is -0.484 e. The summed E-state index contributed by atoms with van der Waals surface area (Å²) in [6, 6.07) is 11.2. The van der Waals surface area contributed by atoms with Crippen LogP contribution in [0.4, 0.5) is 0 Å². The highest BCUT2D eigenvalue weighted by atomic mass is 16.6. The summed E-state index contributed by atoms with van der Waals surface area (Å²) >= 11 is 0. The Balaban J connectivity index is 1.24. The van der Waals surface area contributed by atoms with E-state index in [9.17, 15) is 73.2 Å². The van der Waals surface area contributed by atoms with Gasteiger partial charge in [0, 0.05) is 109 Å². The molecule has 85 heavy (non-hydrogen) atoms. The molecule has 2 aromatic rings. The summed E-state index contributed by atoms with van der Waals surface area (Å²) in [7, 11) is 0. The number of imide groups is 1. The molecule has 9 N–H and O–H groups in total. The molecule has 28 nitrogen and oxygen atoms in total. The number of esters is 1. The number of nitrogens with one attached hydrogen (secondary N) is 6. The Kier molecular flexibility index (Phi) is 31.9. The van der Waals surface area contributed by atoms with Crippen molar-refractivity contribution in [3.63, 3.8) is 0 Å². The fourth-order valence-corrected chi connectivity index (χ4v) is 7.77. The summed E-state index contributed by atoms with van der Waals surface area (Å²) in [4.78, 5) is 148. The minimum atomic E-state index is -1.15. The SMILES string of the molecule is CC(=O)N(O)CCCCCNC(=O)CCC(=O)N(O)CCCCCNC(=O)CCC(=O)N(O)CCCCCNC(=O)COc1cccc(C(=O)NCC(=O)NC(Cc2ccc(OCC(=O)NCCN3C(=O)C=CC3=O)cc2)C(=O)OC(C)(C)C)c1.